The molecule has 35 heavy (non-hydrogen) atoms. The summed E-state index contributed by atoms with van der Waals surface area (Å²) in [6, 6.07) is 15.4. The van der Waals surface area contributed by atoms with Gasteiger partial charge < -0.3 is 19.9 Å². The molecule has 2 saturated heterocycles. The van der Waals surface area contributed by atoms with Crippen molar-refractivity contribution < 1.29 is 18.7 Å². The number of morpholine rings is 1. The number of hydrogen-bond donors (Lipinski definition) is 1. The summed E-state index contributed by atoms with van der Waals surface area (Å²) in [7, 11) is 0. The third-order valence-electron chi connectivity index (χ3n) is 6.68. The van der Waals surface area contributed by atoms with E-state index in [0.717, 1.165) is 16.8 Å². The van der Waals surface area contributed by atoms with Crippen molar-refractivity contribution >= 4 is 23.2 Å². The van der Waals surface area contributed by atoms with E-state index >= 15 is 0 Å². The van der Waals surface area contributed by atoms with Crippen molar-refractivity contribution in [3.8, 4) is 0 Å². The fourth-order valence-electron chi connectivity index (χ4n) is 4.66. The first-order chi connectivity index (χ1) is 16.9. The smallest absolute Gasteiger partial charge is 0.254 e. The number of benzene rings is 2. The first kappa shape index (κ1) is 23.0. The summed E-state index contributed by atoms with van der Waals surface area (Å²) in [5.74, 6) is -0.593. The third-order valence-corrected chi connectivity index (χ3v) is 6.68. The summed E-state index contributed by atoms with van der Waals surface area (Å²) < 4.78 is 19.3. The molecule has 3 heterocycles. The molecular weight excluding hydrogens is 447 g/mol. The van der Waals surface area contributed by atoms with Crippen molar-refractivity contribution in [3.05, 3.63) is 89.5 Å². The second-order valence-corrected chi connectivity index (χ2v) is 9.15. The Hall–Kier alpha value is -3.78. The number of aromatic nitrogens is 1. The summed E-state index contributed by atoms with van der Waals surface area (Å²) in [5, 5.41) is 3.40. The number of halogens is 1. The van der Waals surface area contributed by atoms with Crippen LogP contribution in [0.1, 0.15) is 27.9 Å². The number of rotatable bonds is 5. The van der Waals surface area contributed by atoms with Crippen LogP contribution in [-0.4, -0.2) is 53.5 Å². The molecule has 1 N–H and O–H groups in total. The number of nitrogens with one attached hydrogen (secondary N) is 1. The Bertz CT molecular complexity index is 1230. The highest BCUT2D eigenvalue weighted by molar-refractivity contribution is 5.97. The van der Waals surface area contributed by atoms with Gasteiger partial charge in [-0.05, 0) is 66.9 Å². The van der Waals surface area contributed by atoms with Crippen molar-refractivity contribution in [2.45, 2.75) is 25.5 Å². The summed E-state index contributed by atoms with van der Waals surface area (Å²) in [5.41, 5.74) is 3.60. The number of likely N-dealkylation sites (tertiary alicyclic amines) is 1. The predicted molar refractivity (Wildman–Crippen MR) is 131 cm³/mol. The Morgan fingerprint density at radius 1 is 1.17 bits per heavy atom. The molecule has 0 saturated carbocycles. The van der Waals surface area contributed by atoms with E-state index in [-0.39, 0.29) is 24.2 Å². The quantitative estimate of drug-likeness (QED) is 0.609. The standard InChI is InChI=1S/C27H27FN4O3/c1-19-4-5-21(13-24(19)30-15-20-3-2-11-29-14-20)26(34)31-12-10-27(17-31)18-32(25(33)16-35-27)23-8-6-22(28)7-9-23/h2-9,11,13-14,30H,10,12,15-18H2,1H3. The lowest BCUT2D eigenvalue weighted by Gasteiger charge is -2.40. The normalized spacial score (nSPS) is 19.9. The van der Waals surface area contributed by atoms with Crippen molar-refractivity contribution in [3.63, 3.8) is 0 Å². The highest BCUT2D eigenvalue weighted by Gasteiger charge is 2.46. The molecule has 0 aliphatic carbocycles. The van der Waals surface area contributed by atoms with Crippen LogP contribution in [0, 0.1) is 12.7 Å². The molecule has 1 spiro atoms. The summed E-state index contributed by atoms with van der Waals surface area (Å²) in [6.45, 7) is 3.81. The van der Waals surface area contributed by atoms with Gasteiger partial charge in [-0.3, -0.25) is 14.6 Å². The number of carbonyl (C=O) groups excluding carboxylic acids is 2. The Morgan fingerprint density at radius 2 is 2.00 bits per heavy atom. The summed E-state index contributed by atoms with van der Waals surface area (Å²) in [6.07, 6.45) is 4.18. The molecule has 8 heteroatoms. The fraction of sp³-hybridized carbons (Fsp3) is 0.296. The fourth-order valence-corrected chi connectivity index (χ4v) is 4.66. The van der Waals surface area contributed by atoms with Crippen molar-refractivity contribution in [1.82, 2.24) is 9.88 Å². The van der Waals surface area contributed by atoms with Crippen LogP contribution >= 0.6 is 0 Å². The first-order valence-corrected chi connectivity index (χ1v) is 11.7. The van der Waals surface area contributed by atoms with Gasteiger partial charge in [0, 0.05) is 42.4 Å². The number of anilines is 2. The van der Waals surface area contributed by atoms with Gasteiger partial charge in [-0.25, -0.2) is 4.39 Å². The van der Waals surface area contributed by atoms with E-state index < -0.39 is 5.60 Å². The van der Waals surface area contributed by atoms with E-state index in [1.165, 1.54) is 12.1 Å². The summed E-state index contributed by atoms with van der Waals surface area (Å²) >= 11 is 0. The maximum Gasteiger partial charge on any atom is 0.254 e. The average molecular weight is 475 g/mol. The van der Waals surface area contributed by atoms with E-state index in [1.807, 2.05) is 43.5 Å². The highest BCUT2D eigenvalue weighted by Crippen LogP contribution is 2.33. The topological polar surface area (TPSA) is 74.8 Å². The minimum Gasteiger partial charge on any atom is -0.381 e. The molecular formula is C27H27FN4O3. The maximum atomic E-state index is 13.4. The zero-order valence-corrected chi connectivity index (χ0v) is 19.5. The van der Waals surface area contributed by atoms with Crippen molar-refractivity contribution in [2.24, 2.45) is 0 Å². The Morgan fingerprint density at radius 3 is 2.77 bits per heavy atom. The molecule has 0 radical (unpaired) electrons. The molecule has 2 aliphatic rings. The lowest BCUT2D eigenvalue weighted by molar-refractivity contribution is -0.137. The molecule has 1 unspecified atom stereocenters. The molecule has 2 aromatic carbocycles. The minimum atomic E-state index is -0.635. The van der Waals surface area contributed by atoms with Crippen LogP contribution in [-0.2, 0) is 16.1 Å². The number of hydrogen-bond acceptors (Lipinski definition) is 5. The monoisotopic (exact) mass is 474 g/mol. The van der Waals surface area contributed by atoms with Crippen LogP contribution in [0.5, 0.6) is 0 Å². The SMILES string of the molecule is Cc1ccc(C(=O)N2CCC3(C2)CN(c2ccc(F)cc2)C(=O)CO3)cc1NCc1cccnc1. The Labute approximate surface area is 203 Å². The maximum absolute atomic E-state index is 13.4. The van der Waals surface area contributed by atoms with Crippen LogP contribution in [0.25, 0.3) is 0 Å². The van der Waals surface area contributed by atoms with Crippen LogP contribution < -0.4 is 10.2 Å². The molecule has 7 nitrogen and oxygen atoms in total. The Kier molecular flexibility index (Phi) is 6.21. The van der Waals surface area contributed by atoms with Gasteiger partial charge in [-0.1, -0.05) is 12.1 Å². The number of carbonyl (C=O) groups is 2. The largest absolute Gasteiger partial charge is 0.381 e. The number of amides is 2. The molecule has 5 rings (SSSR count). The summed E-state index contributed by atoms with van der Waals surface area (Å²) in [4.78, 5) is 33.4. The number of aryl methyl sites for hydroxylation is 1. The van der Waals surface area contributed by atoms with Crippen molar-refractivity contribution in [2.75, 3.05) is 36.5 Å². The molecule has 180 valence electrons. The van der Waals surface area contributed by atoms with Crippen LogP contribution in [0.2, 0.25) is 0 Å². The average Bonchev–Trinajstić information content (AvgIpc) is 3.29. The predicted octanol–water partition coefficient (Wildman–Crippen LogP) is 3.79. The number of pyridine rings is 1. The number of ether oxygens (including phenoxy) is 1. The highest BCUT2D eigenvalue weighted by atomic mass is 19.1. The molecule has 2 aliphatic heterocycles. The lowest BCUT2D eigenvalue weighted by Crippen LogP contribution is -2.56. The second kappa shape index (κ2) is 9.46. The van der Waals surface area contributed by atoms with E-state index in [9.17, 15) is 14.0 Å². The number of nitrogens with zero attached hydrogens (tertiary/aromatic N) is 3. The van der Waals surface area contributed by atoms with Gasteiger partial charge >= 0.3 is 0 Å². The van der Waals surface area contributed by atoms with E-state index in [1.54, 1.807) is 28.1 Å². The van der Waals surface area contributed by atoms with Gasteiger partial charge in [0.1, 0.15) is 18.0 Å². The molecule has 1 aromatic heterocycles. The first-order valence-electron chi connectivity index (χ1n) is 11.7. The van der Waals surface area contributed by atoms with Gasteiger partial charge in [0.2, 0.25) is 0 Å². The van der Waals surface area contributed by atoms with Crippen LogP contribution in [0.15, 0.2) is 67.0 Å². The lowest BCUT2D eigenvalue weighted by atomic mass is 10.00. The molecule has 1 atom stereocenters. The van der Waals surface area contributed by atoms with E-state index in [4.69, 9.17) is 4.74 Å². The van der Waals surface area contributed by atoms with Crippen molar-refractivity contribution in [1.29, 1.82) is 0 Å². The van der Waals surface area contributed by atoms with Gasteiger partial charge in [0.25, 0.3) is 11.8 Å². The molecule has 2 fully saturated rings. The van der Waals surface area contributed by atoms with Gasteiger partial charge in [0.05, 0.1) is 13.1 Å². The van der Waals surface area contributed by atoms with Gasteiger partial charge in [-0.2, -0.15) is 0 Å². The zero-order chi connectivity index (χ0) is 24.4. The molecule has 2 amide bonds. The van der Waals surface area contributed by atoms with Gasteiger partial charge in [0.15, 0.2) is 0 Å². The van der Waals surface area contributed by atoms with Crippen LogP contribution in [0.4, 0.5) is 15.8 Å². The molecule has 3 aromatic rings. The minimum absolute atomic E-state index is 0.0631. The zero-order valence-electron chi connectivity index (χ0n) is 19.5. The second-order valence-electron chi connectivity index (χ2n) is 9.15. The third kappa shape index (κ3) is 4.88. The van der Waals surface area contributed by atoms with E-state index in [0.29, 0.717) is 43.9 Å². The molecule has 0 bridgehead atoms. The Balaban J connectivity index is 1.28. The van der Waals surface area contributed by atoms with Crippen LogP contribution in [0.3, 0.4) is 0 Å². The van der Waals surface area contributed by atoms with E-state index in [2.05, 4.69) is 10.3 Å². The van der Waals surface area contributed by atoms with Gasteiger partial charge in [-0.15, -0.1) is 0 Å².